The highest BCUT2D eigenvalue weighted by Gasteiger charge is 2.25. The van der Waals surface area contributed by atoms with Crippen LogP contribution >= 0.6 is 0 Å². The molecule has 0 aliphatic heterocycles. The van der Waals surface area contributed by atoms with Crippen molar-refractivity contribution in [1.29, 1.82) is 0 Å². The number of hydrogen-bond acceptors (Lipinski definition) is 4. The van der Waals surface area contributed by atoms with Gasteiger partial charge in [-0.1, -0.05) is 12.7 Å². The van der Waals surface area contributed by atoms with Crippen LogP contribution in [-0.4, -0.2) is 23.4 Å². The third kappa shape index (κ3) is 3.21. The maximum atomic E-state index is 10.5. The average molecular weight is 144 g/mol. The number of hydrogen-bond donors (Lipinski definition) is 2. The summed E-state index contributed by atoms with van der Waals surface area (Å²) < 4.78 is 4.36. The highest BCUT2D eigenvalue weighted by molar-refractivity contribution is 5.79. The van der Waals surface area contributed by atoms with Crippen LogP contribution in [0.4, 0.5) is 0 Å². The Kier molecular flexibility index (Phi) is 3.05. The molecule has 1 atom stereocenters. The highest BCUT2D eigenvalue weighted by atomic mass is 16.6. The maximum Gasteiger partial charge on any atom is 0.353 e. The van der Waals surface area contributed by atoms with Gasteiger partial charge < -0.3 is 9.84 Å². The second-order valence-electron chi connectivity index (χ2n) is 1.81. The Morgan fingerprint density at radius 1 is 1.90 bits per heavy atom. The van der Waals surface area contributed by atoms with Crippen LogP contribution in [-0.2, 0) is 9.53 Å². The molecular formula is C6H10NO3. The fraction of sp³-hybridized carbons (Fsp3) is 0.333. The zero-order valence-corrected chi connectivity index (χ0v) is 5.54. The largest absolute Gasteiger partial charge is 0.458 e. The Labute approximate surface area is 59.3 Å². The van der Waals surface area contributed by atoms with Gasteiger partial charge in [0.05, 0.1) is 0 Å². The van der Waals surface area contributed by atoms with E-state index in [0.29, 0.717) is 0 Å². The van der Waals surface area contributed by atoms with E-state index in [1.54, 1.807) is 0 Å². The van der Waals surface area contributed by atoms with Crippen LogP contribution in [0.2, 0.25) is 0 Å². The number of esters is 1. The summed E-state index contributed by atoms with van der Waals surface area (Å²) in [6.07, 6.45) is 1.36. The number of ether oxygens (including phenoxy) is 1. The monoisotopic (exact) mass is 144 g/mol. The molecule has 0 saturated heterocycles. The van der Waals surface area contributed by atoms with Crippen LogP contribution < -0.4 is 5.73 Å². The lowest BCUT2D eigenvalue weighted by Crippen LogP contribution is -2.46. The van der Waals surface area contributed by atoms with Crippen molar-refractivity contribution >= 4 is 5.97 Å². The molecule has 3 N–H and O–H groups in total. The Hall–Kier alpha value is -0.870. The van der Waals surface area contributed by atoms with E-state index in [4.69, 9.17) is 10.8 Å². The molecule has 0 spiro atoms. The Bertz CT molecular complexity index is 136. The van der Waals surface area contributed by atoms with Crippen molar-refractivity contribution in [2.75, 3.05) is 6.61 Å². The van der Waals surface area contributed by atoms with Gasteiger partial charge in [0.15, 0.2) is 0 Å². The molecule has 1 radical (unpaired) electrons. The molecule has 0 aromatic carbocycles. The third-order valence-corrected chi connectivity index (χ3v) is 0.686. The predicted molar refractivity (Wildman–Crippen MR) is 35.7 cm³/mol. The number of carbonyl (C=O) groups is 1. The topological polar surface area (TPSA) is 72.5 Å². The van der Waals surface area contributed by atoms with E-state index in [9.17, 15) is 4.79 Å². The molecule has 0 aromatic heterocycles. The number of carbonyl (C=O) groups excluding carboxylic acids is 1. The van der Waals surface area contributed by atoms with Gasteiger partial charge in [0, 0.05) is 6.92 Å². The van der Waals surface area contributed by atoms with Gasteiger partial charge in [0.25, 0.3) is 0 Å². The van der Waals surface area contributed by atoms with Crippen molar-refractivity contribution in [1.82, 2.24) is 0 Å². The van der Waals surface area contributed by atoms with Gasteiger partial charge >= 0.3 is 5.97 Å². The van der Waals surface area contributed by atoms with E-state index in [1.165, 1.54) is 6.08 Å². The van der Waals surface area contributed by atoms with E-state index in [1.807, 2.05) is 0 Å². The Balaban J connectivity index is 3.74. The molecule has 0 aliphatic rings. The molecule has 4 heteroatoms. The lowest BCUT2D eigenvalue weighted by atomic mass is 10.3. The molecule has 0 aliphatic carbocycles. The first-order valence-corrected chi connectivity index (χ1v) is 2.63. The lowest BCUT2D eigenvalue weighted by Gasteiger charge is -2.13. The summed E-state index contributed by atoms with van der Waals surface area (Å²) in [6, 6.07) is 0. The average Bonchev–Trinajstić information content (AvgIpc) is 1.80. The summed E-state index contributed by atoms with van der Waals surface area (Å²) in [4.78, 5) is 10.5. The summed E-state index contributed by atoms with van der Waals surface area (Å²) in [6.45, 7) is 6.26. The quantitative estimate of drug-likeness (QED) is 0.309. The second-order valence-corrected chi connectivity index (χ2v) is 1.81. The molecule has 0 saturated carbocycles. The van der Waals surface area contributed by atoms with Crippen LogP contribution in [0.1, 0.15) is 0 Å². The molecule has 10 heavy (non-hydrogen) atoms. The minimum atomic E-state index is -2.15. The fourth-order valence-corrected chi connectivity index (χ4v) is 0.260. The molecule has 0 aromatic rings. The van der Waals surface area contributed by atoms with Crippen molar-refractivity contribution in [3.63, 3.8) is 0 Å². The van der Waals surface area contributed by atoms with Crippen LogP contribution in [0.15, 0.2) is 12.7 Å². The SMILES string of the molecule is [CH2]C(N)(O)C(=O)OCC=C. The molecular weight excluding hydrogens is 134 g/mol. The molecule has 4 nitrogen and oxygen atoms in total. The van der Waals surface area contributed by atoms with E-state index < -0.39 is 11.7 Å². The normalized spacial score (nSPS) is 15.5. The zero-order chi connectivity index (χ0) is 8.20. The number of rotatable bonds is 3. The van der Waals surface area contributed by atoms with Gasteiger partial charge in [-0.3, -0.25) is 5.73 Å². The molecule has 57 valence electrons. The minimum Gasteiger partial charge on any atom is -0.458 e. The second kappa shape index (κ2) is 3.34. The molecule has 1 unspecified atom stereocenters. The van der Waals surface area contributed by atoms with E-state index in [-0.39, 0.29) is 6.61 Å². The Morgan fingerprint density at radius 3 is 2.70 bits per heavy atom. The number of aliphatic hydroxyl groups is 1. The minimum absolute atomic E-state index is 0.0217. The van der Waals surface area contributed by atoms with Gasteiger partial charge in [-0.05, 0) is 0 Å². The van der Waals surface area contributed by atoms with Crippen LogP contribution in [0.5, 0.6) is 0 Å². The lowest BCUT2D eigenvalue weighted by molar-refractivity contribution is -0.159. The van der Waals surface area contributed by atoms with Crippen LogP contribution in [0.25, 0.3) is 0 Å². The third-order valence-electron chi connectivity index (χ3n) is 0.686. The van der Waals surface area contributed by atoms with Crippen molar-refractivity contribution in [2.45, 2.75) is 5.72 Å². The predicted octanol–water partition coefficient (Wildman–Crippen LogP) is -0.803. The van der Waals surface area contributed by atoms with Crippen molar-refractivity contribution in [2.24, 2.45) is 5.73 Å². The first-order chi connectivity index (χ1) is 4.48. The highest BCUT2D eigenvalue weighted by Crippen LogP contribution is 1.94. The first-order valence-electron chi connectivity index (χ1n) is 2.63. The standard InChI is InChI=1S/C6H10NO3/c1-3-4-10-5(8)6(2,7)9/h3,9H,1-2,4,7H2. The molecule has 0 amide bonds. The van der Waals surface area contributed by atoms with Gasteiger partial charge in [-0.2, -0.15) is 0 Å². The van der Waals surface area contributed by atoms with E-state index >= 15 is 0 Å². The summed E-state index contributed by atoms with van der Waals surface area (Å²) in [5.41, 5.74) is 2.71. The molecule has 0 heterocycles. The zero-order valence-electron chi connectivity index (χ0n) is 5.54. The summed E-state index contributed by atoms with van der Waals surface area (Å²) in [5, 5.41) is 8.67. The smallest absolute Gasteiger partial charge is 0.353 e. The van der Waals surface area contributed by atoms with Gasteiger partial charge in [0.2, 0.25) is 5.72 Å². The van der Waals surface area contributed by atoms with Crippen LogP contribution in [0.3, 0.4) is 0 Å². The molecule has 0 fully saturated rings. The number of nitrogens with two attached hydrogens (primary N) is 1. The fourth-order valence-electron chi connectivity index (χ4n) is 0.260. The summed E-state index contributed by atoms with van der Waals surface area (Å²) >= 11 is 0. The van der Waals surface area contributed by atoms with Crippen molar-refractivity contribution in [3.8, 4) is 0 Å². The van der Waals surface area contributed by atoms with Gasteiger partial charge in [0.1, 0.15) is 6.61 Å². The van der Waals surface area contributed by atoms with Gasteiger partial charge in [-0.15, -0.1) is 0 Å². The summed E-state index contributed by atoms with van der Waals surface area (Å²) in [5.74, 6) is -0.965. The van der Waals surface area contributed by atoms with Crippen LogP contribution in [0, 0.1) is 6.92 Å². The van der Waals surface area contributed by atoms with Crippen molar-refractivity contribution < 1.29 is 14.6 Å². The van der Waals surface area contributed by atoms with E-state index in [2.05, 4.69) is 18.2 Å². The Morgan fingerprint density at radius 2 is 2.40 bits per heavy atom. The van der Waals surface area contributed by atoms with E-state index in [0.717, 1.165) is 0 Å². The van der Waals surface area contributed by atoms with Gasteiger partial charge in [-0.25, -0.2) is 4.79 Å². The summed E-state index contributed by atoms with van der Waals surface area (Å²) in [7, 11) is 0. The maximum absolute atomic E-state index is 10.5. The molecule has 0 rings (SSSR count). The van der Waals surface area contributed by atoms with Crippen molar-refractivity contribution in [3.05, 3.63) is 19.6 Å². The molecule has 0 bridgehead atoms. The first kappa shape index (κ1) is 9.13.